The van der Waals surface area contributed by atoms with E-state index in [2.05, 4.69) is 0 Å². The lowest BCUT2D eigenvalue weighted by atomic mass is 10.0. The summed E-state index contributed by atoms with van der Waals surface area (Å²) in [5, 5.41) is 9.42. The smallest absolute Gasteiger partial charge is 0.327 e. The molecular formula is C18H21NO4S2. The number of aliphatic carboxylic acids is 1. The molecule has 0 aliphatic carbocycles. The molecular weight excluding hydrogens is 358 g/mol. The van der Waals surface area contributed by atoms with Gasteiger partial charge >= 0.3 is 5.97 Å². The van der Waals surface area contributed by atoms with E-state index in [0.29, 0.717) is 11.5 Å². The van der Waals surface area contributed by atoms with E-state index in [0.717, 1.165) is 29.5 Å². The molecule has 1 aromatic carbocycles. The van der Waals surface area contributed by atoms with E-state index in [9.17, 15) is 14.7 Å². The summed E-state index contributed by atoms with van der Waals surface area (Å²) in [5.74, 6) is -0.876. The van der Waals surface area contributed by atoms with Gasteiger partial charge in [0.05, 0.1) is 11.5 Å². The standard InChI is InChI=1S/C18H21NO4S2/c1-4-9-23-13-7-5-12(6-8-13)10-14-16(20)19(18(24)25-14)15(11(2)3)17(21)22/h5-8,10-11,15H,4,9H2,1-3H3,(H,21,22)/b14-10-/t15-/m0/s1. The fraction of sp³-hybridized carbons (Fsp3) is 0.389. The van der Waals surface area contributed by atoms with Gasteiger partial charge in [0.1, 0.15) is 16.1 Å². The molecule has 1 aliphatic heterocycles. The number of carbonyl (C=O) groups is 2. The van der Waals surface area contributed by atoms with Crippen molar-refractivity contribution in [3.63, 3.8) is 0 Å². The highest BCUT2D eigenvalue weighted by Crippen LogP contribution is 2.35. The SMILES string of the molecule is CCCOc1ccc(/C=C2\SC(=S)N([C@H](C(=O)O)C(C)C)C2=O)cc1. The Morgan fingerprint density at radius 2 is 2.00 bits per heavy atom. The van der Waals surface area contributed by atoms with Crippen LogP contribution < -0.4 is 4.74 Å². The van der Waals surface area contributed by atoms with Gasteiger partial charge in [-0.15, -0.1) is 0 Å². The predicted molar refractivity (Wildman–Crippen MR) is 104 cm³/mol. The minimum atomic E-state index is -1.05. The number of carbonyl (C=O) groups excluding carboxylic acids is 1. The summed E-state index contributed by atoms with van der Waals surface area (Å²) >= 11 is 6.37. The van der Waals surface area contributed by atoms with Gasteiger partial charge in [0.15, 0.2) is 0 Å². The second-order valence-electron chi connectivity index (χ2n) is 6.00. The summed E-state index contributed by atoms with van der Waals surface area (Å²) in [4.78, 5) is 25.8. The summed E-state index contributed by atoms with van der Waals surface area (Å²) in [7, 11) is 0. The number of hydrogen-bond donors (Lipinski definition) is 1. The van der Waals surface area contributed by atoms with Crippen molar-refractivity contribution in [1.82, 2.24) is 4.90 Å². The number of hydrogen-bond acceptors (Lipinski definition) is 5. The van der Waals surface area contributed by atoms with Gasteiger partial charge in [-0.1, -0.05) is 56.9 Å². The number of thiocarbonyl (C=S) groups is 1. The van der Waals surface area contributed by atoms with E-state index < -0.39 is 12.0 Å². The Bertz CT molecular complexity index is 698. The molecule has 1 saturated heterocycles. The monoisotopic (exact) mass is 379 g/mol. The first-order valence-corrected chi connectivity index (χ1v) is 9.30. The highest BCUT2D eigenvalue weighted by molar-refractivity contribution is 8.26. The Hall–Kier alpha value is -1.86. The quantitative estimate of drug-likeness (QED) is 0.574. The molecule has 0 unspecified atom stereocenters. The van der Waals surface area contributed by atoms with Crippen LogP contribution in [0.1, 0.15) is 32.8 Å². The molecule has 1 aromatic rings. The molecule has 0 aromatic heterocycles. The molecule has 2 rings (SSSR count). The number of benzene rings is 1. The van der Waals surface area contributed by atoms with Crippen LogP contribution in [0.4, 0.5) is 0 Å². The molecule has 0 radical (unpaired) electrons. The lowest BCUT2D eigenvalue weighted by Gasteiger charge is -2.26. The Balaban J connectivity index is 2.20. The van der Waals surface area contributed by atoms with Crippen molar-refractivity contribution < 1.29 is 19.4 Å². The van der Waals surface area contributed by atoms with Crippen LogP contribution in [-0.2, 0) is 9.59 Å². The summed E-state index contributed by atoms with van der Waals surface area (Å²) in [6.07, 6.45) is 2.66. The summed E-state index contributed by atoms with van der Waals surface area (Å²) in [6.45, 7) is 6.22. The van der Waals surface area contributed by atoms with Crippen molar-refractivity contribution in [3.8, 4) is 5.75 Å². The van der Waals surface area contributed by atoms with Gasteiger partial charge < -0.3 is 9.84 Å². The number of thioether (sulfide) groups is 1. The summed E-state index contributed by atoms with van der Waals surface area (Å²) < 4.78 is 5.81. The first kappa shape index (κ1) is 19.5. The van der Waals surface area contributed by atoms with Gasteiger partial charge in [-0.05, 0) is 36.1 Å². The molecule has 25 heavy (non-hydrogen) atoms. The van der Waals surface area contributed by atoms with Crippen LogP contribution in [0.5, 0.6) is 5.75 Å². The Kier molecular flexibility index (Phi) is 6.61. The van der Waals surface area contributed by atoms with Crippen LogP contribution in [-0.4, -0.2) is 38.9 Å². The molecule has 134 valence electrons. The minimum absolute atomic E-state index is 0.241. The molecule has 1 amide bonds. The average Bonchev–Trinajstić information content (AvgIpc) is 2.81. The second-order valence-corrected chi connectivity index (χ2v) is 7.67. The van der Waals surface area contributed by atoms with Crippen LogP contribution in [0.2, 0.25) is 0 Å². The first-order valence-electron chi connectivity index (χ1n) is 8.07. The third-order valence-electron chi connectivity index (χ3n) is 3.64. The van der Waals surface area contributed by atoms with Crippen molar-refractivity contribution in [2.75, 3.05) is 6.61 Å². The van der Waals surface area contributed by atoms with Crippen molar-refractivity contribution in [2.24, 2.45) is 5.92 Å². The molecule has 1 heterocycles. The van der Waals surface area contributed by atoms with Crippen LogP contribution in [0.25, 0.3) is 6.08 Å². The second kappa shape index (κ2) is 8.49. The van der Waals surface area contributed by atoms with Crippen LogP contribution in [0, 0.1) is 5.92 Å². The fourth-order valence-electron chi connectivity index (χ4n) is 2.44. The van der Waals surface area contributed by atoms with Gasteiger partial charge in [0.2, 0.25) is 0 Å². The lowest BCUT2D eigenvalue weighted by molar-refractivity contribution is -0.146. The van der Waals surface area contributed by atoms with E-state index >= 15 is 0 Å². The molecule has 1 aliphatic rings. The highest BCUT2D eigenvalue weighted by Gasteiger charge is 2.41. The largest absolute Gasteiger partial charge is 0.494 e. The third-order valence-corrected chi connectivity index (χ3v) is 4.97. The number of carboxylic acid groups (broad SMARTS) is 1. The van der Waals surface area contributed by atoms with Gasteiger partial charge in [0.25, 0.3) is 5.91 Å². The van der Waals surface area contributed by atoms with Crippen molar-refractivity contribution >= 4 is 46.3 Å². The number of rotatable bonds is 7. The Morgan fingerprint density at radius 3 is 2.52 bits per heavy atom. The van der Waals surface area contributed by atoms with Crippen LogP contribution in [0.3, 0.4) is 0 Å². The molecule has 1 N–H and O–H groups in total. The molecule has 0 saturated carbocycles. The number of ether oxygens (including phenoxy) is 1. The molecule has 5 nitrogen and oxygen atoms in total. The predicted octanol–water partition coefficient (Wildman–Crippen LogP) is 3.79. The average molecular weight is 380 g/mol. The van der Waals surface area contributed by atoms with E-state index in [1.54, 1.807) is 19.9 Å². The third kappa shape index (κ3) is 4.61. The van der Waals surface area contributed by atoms with Crippen LogP contribution in [0.15, 0.2) is 29.2 Å². The lowest BCUT2D eigenvalue weighted by Crippen LogP contribution is -2.47. The molecule has 0 spiro atoms. The molecule has 7 heteroatoms. The zero-order valence-corrected chi connectivity index (χ0v) is 16.0. The Morgan fingerprint density at radius 1 is 1.36 bits per heavy atom. The van der Waals surface area contributed by atoms with E-state index in [1.807, 2.05) is 31.2 Å². The van der Waals surface area contributed by atoms with E-state index in [4.69, 9.17) is 17.0 Å². The van der Waals surface area contributed by atoms with Gasteiger partial charge in [-0.3, -0.25) is 9.69 Å². The van der Waals surface area contributed by atoms with Crippen molar-refractivity contribution in [1.29, 1.82) is 0 Å². The topological polar surface area (TPSA) is 66.8 Å². The normalized spacial score (nSPS) is 17.4. The number of amides is 1. The maximum atomic E-state index is 12.6. The van der Waals surface area contributed by atoms with Crippen LogP contribution >= 0.6 is 24.0 Å². The van der Waals surface area contributed by atoms with Gasteiger partial charge in [-0.25, -0.2) is 4.79 Å². The first-order chi connectivity index (χ1) is 11.8. The van der Waals surface area contributed by atoms with Crippen molar-refractivity contribution in [2.45, 2.75) is 33.2 Å². The molecule has 0 bridgehead atoms. The zero-order chi connectivity index (χ0) is 18.6. The molecule has 1 fully saturated rings. The summed E-state index contributed by atoms with van der Waals surface area (Å²) in [5.41, 5.74) is 0.834. The maximum absolute atomic E-state index is 12.6. The zero-order valence-electron chi connectivity index (χ0n) is 14.4. The number of carboxylic acids is 1. The highest BCUT2D eigenvalue weighted by atomic mass is 32.2. The van der Waals surface area contributed by atoms with Gasteiger partial charge in [-0.2, -0.15) is 0 Å². The van der Waals surface area contributed by atoms with Crippen molar-refractivity contribution in [3.05, 3.63) is 34.7 Å². The summed E-state index contributed by atoms with van der Waals surface area (Å²) in [6, 6.07) is 6.44. The van der Waals surface area contributed by atoms with Gasteiger partial charge in [0, 0.05) is 0 Å². The minimum Gasteiger partial charge on any atom is -0.494 e. The molecule has 1 atom stereocenters. The Labute approximate surface area is 157 Å². The van der Waals surface area contributed by atoms with E-state index in [1.165, 1.54) is 4.90 Å². The number of nitrogens with zero attached hydrogens (tertiary/aromatic N) is 1. The maximum Gasteiger partial charge on any atom is 0.327 e. The fourth-order valence-corrected chi connectivity index (χ4v) is 3.77. The van der Waals surface area contributed by atoms with E-state index in [-0.39, 0.29) is 16.1 Å².